The molecule has 0 aromatic heterocycles. The third-order valence-electron chi connectivity index (χ3n) is 2.33. The van der Waals surface area contributed by atoms with Crippen molar-refractivity contribution in [3.05, 3.63) is 0 Å². The lowest BCUT2D eigenvalue weighted by atomic mass is 9.86. The van der Waals surface area contributed by atoms with Crippen LogP contribution in [0.25, 0.3) is 0 Å². The molecule has 0 radical (unpaired) electrons. The SMILES string of the molecule is CCCCC(C)(COC(C)C)C(=O)O. The van der Waals surface area contributed by atoms with Crippen LogP contribution < -0.4 is 0 Å². The highest BCUT2D eigenvalue weighted by molar-refractivity contribution is 5.74. The third kappa shape index (κ3) is 4.61. The maximum atomic E-state index is 11.1. The van der Waals surface area contributed by atoms with E-state index in [-0.39, 0.29) is 6.10 Å². The van der Waals surface area contributed by atoms with Gasteiger partial charge in [0.05, 0.1) is 18.1 Å². The number of rotatable bonds is 7. The van der Waals surface area contributed by atoms with Gasteiger partial charge < -0.3 is 9.84 Å². The number of aliphatic carboxylic acids is 1. The van der Waals surface area contributed by atoms with Crippen LogP contribution in [-0.2, 0) is 9.53 Å². The van der Waals surface area contributed by atoms with Gasteiger partial charge in [-0.1, -0.05) is 19.8 Å². The summed E-state index contributed by atoms with van der Waals surface area (Å²) >= 11 is 0. The topological polar surface area (TPSA) is 46.5 Å². The number of ether oxygens (including phenoxy) is 1. The maximum absolute atomic E-state index is 11.1. The van der Waals surface area contributed by atoms with Crippen molar-refractivity contribution >= 4 is 5.97 Å². The van der Waals surface area contributed by atoms with Crippen molar-refractivity contribution in [1.29, 1.82) is 0 Å². The van der Waals surface area contributed by atoms with Crippen LogP contribution in [0.5, 0.6) is 0 Å². The zero-order chi connectivity index (χ0) is 11.2. The van der Waals surface area contributed by atoms with E-state index in [1.165, 1.54) is 0 Å². The van der Waals surface area contributed by atoms with E-state index in [0.717, 1.165) is 12.8 Å². The van der Waals surface area contributed by atoms with Gasteiger partial charge in [-0.2, -0.15) is 0 Å². The van der Waals surface area contributed by atoms with Crippen molar-refractivity contribution in [2.24, 2.45) is 5.41 Å². The Kier molecular flexibility index (Phi) is 5.77. The molecule has 0 aromatic carbocycles. The number of unbranched alkanes of at least 4 members (excludes halogenated alkanes) is 1. The van der Waals surface area contributed by atoms with Crippen molar-refractivity contribution in [2.45, 2.75) is 53.1 Å². The van der Waals surface area contributed by atoms with Crippen molar-refractivity contribution < 1.29 is 14.6 Å². The minimum absolute atomic E-state index is 0.0929. The van der Waals surface area contributed by atoms with E-state index in [9.17, 15) is 4.79 Å². The molecule has 0 aliphatic carbocycles. The molecule has 0 fully saturated rings. The van der Waals surface area contributed by atoms with Crippen LogP contribution in [0, 0.1) is 5.41 Å². The van der Waals surface area contributed by atoms with Crippen LogP contribution in [0.15, 0.2) is 0 Å². The monoisotopic (exact) mass is 202 g/mol. The molecule has 0 rings (SSSR count). The van der Waals surface area contributed by atoms with Crippen molar-refractivity contribution in [3.63, 3.8) is 0 Å². The molecule has 0 heterocycles. The Morgan fingerprint density at radius 2 is 2.07 bits per heavy atom. The van der Waals surface area contributed by atoms with Gasteiger partial charge in [-0.15, -0.1) is 0 Å². The summed E-state index contributed by atoms with van der Waals surface area (Å²) < 4.78 is 5.38. The predicted molar refractivity (Wildman–Crippen MR) is 56.4 cm³/mol. The van der Waals surface area contributed by atoms with Crippen LogP contribution in [0.3, 0.4) is 0 Å². The molecule has 0 saturated heterocycles. The van der Waals surface area contributed by atoms with E-state index in [4.69, 9.17) is 9.84 Å². The van der Waals surface area contributed by atoms with Crippen molar-refractivity contribution in [1.82, 2.24) is 0 Å². The summed E-state index contributed by atoms with van der Waals surface area (Å²) in [6.07, 6.45) is 2.73. The Labute approximate surface area is 86.5 Å². The Hall–Kier alpha value is -0.570. The minimum atomic E-state index is -0.758. The zero-order valence-electron chi connectivity index (χ0n) is 9.67. The molecule has 0 spiro atoms. The lowest BCUT2D eigenvalue weighted by Gasteiger charge is -2.25. The Morgan fingerprint density at radius 1 is 1.50 bits per heavy atom. The van der Waals surface area contributed by atoms with Crippen LogP contribution in [-0.4, -0.2) is 23.8 Å². The maximum Gasteiger partial charge on any atom is 0.311 e. The Balaban J connectivity index is 4.17. The first-order valence-electron chi connectivity index (χ1n) is 5.27. The molecule has 0 amide bonds. The zero-order valence-corrected chi connectivity index (χ0v) is 9.67. The van der Waals surface area contributed by atoms with E-state index in [1.54, 1.807) is 6.92 Å². The summed E-state index contributed by atoms with van der Waals surface area (Å²) in [5.41, 5.74) is -0.722. The van der Waals surface area contributed by atoms with E-state index >= 15 is 0 Å². The highest BCUT2D eigenvalue weighted by Gasteiger charge is 2.32. The number of hydrogen-bond acceptors (Lipinski definition) is 2. The fraction of sp³-hybridized carbons (Fsp3) is 0.909. The van der Waals surface area contributed by atoms with Crippen LogP contribution in [0.4, 0.5) is 0 Å². The molecule has 0 aromatic rings. The van der Waals surface area contributed by atoms with Gasteiger partial charge in [0.1, 0.15) is 0 Å². The summed E-state index contributed by atoms with van der Waals surface area (Å²) in [5, 5.41) is 9.09. The van der Waals surface area contributed by atoms with Gasteiger partial charge in [0.2, 0.25) is 0 Å². The molecule has 0 aliphatic rings. The summed E-state index contributed by atoms with van der Waals surface area (Å²) in [7, 11) is 0. The van der Waals surface area contributed by atoms with Crippen molar-refractivity contribution in [3.8, 4) is 0 Å². The molecule has 84 valence electrons. The number of hydrogen-bond donors (Lipinski definition) is 1. The van der Waals surface area contributed by atoms with E-state index in [2.05, 4.69) is 6.92 Å². The molecule has 14 heavy (non-hydrogen) atoms. The first kappa shape index (κ1) is 13.4. The lowest BCUT2D eigenvalue weighted by molar-refractivity contribution is -0.153. The summed E-state index contributed by atoms with van der Waals surface area (Å²) in [6.45, 7) is 7.96. The first-order chi connectivity index (χ1) is 6.42. The lowest BCUT2D eigenvalue weighted by Crippen LogP contribution is -2.33. The molecule has 0 bridgehead atoms. The second-order valence-corrected chi connectivity index (χ2v) is 4.33. The van der Waals surface area contributed by atoms with Gasteiger partial charge in [0.15, 0.2) is 0 Å². The van der Waals surface area contributed by atoms with Gasteiger partial charge in [-0.25, -0.2) is 0 Å². The standard InChI is InChI=1S/C11H22O3/c1-5-6-7-11(4,10(12)13)8-14-9(2)3/h9H,5-8H2,1-4H3,(H,12,13). The van der Waals surface area contributed by atoms with Crippen molar-refractivity contribution in [2.75, 3.05) is 6.61 Å². The number of carboxylic acids is 1. The van der Waals surface area contributed by atoms with Gasteiger partial charge in [-0.05, 0) is 27.2 Å². The molecule has 1 N–H and O–H groups in total. The smallest absolute Gasteiger partial charge is 0.311 e. The average Bonchev–Trinajstić information content (AvgIpc) is 2.11. The minimum Gasteiger partial charge on any atom is -0.481 e. The molecule has 1 unspecified atom stereocenters. The summed E-state index contributed by atoms with van der Waals surface area (Å²) in [5.74, 6) is -0.758. The second-order valence-electron chi connectivity index (χ2n) is 4.33. The highest BCUT2D eigenvalue weighted by Crippen LogP contribution is 2.25. The molecule has 3 heteroatoms. The van der Waals surface area contributed by atoms with Gasteiger partial charge >= 0.3 is 5.97 Å². The molecular weight excluding hydrogens is 180 g/mol. The van der Waals surface area contributed by atoms with Gasteiger partial charge in [-0.3, -0.25) is 4.79 Å². The van der Waals surface area contributed by atoms with E-state index < -0.39 is 11.4 Å². The normalized spacial score (nSPS) is 15.5. The molecule has 1 atom stereocenters. The largest absolute Gasteiger partial charge is 0.481 e. The quantitative estimate of drug-likeness (QED) is 0.690. The highest BCUT2D eigenvalue weighted by atomic mass is 16.5. The first-order valence-corrected chi connectivity index (χ1v) is 5.27. The van der Waals surface area contributed by atoms with Gasteiger partial charge in [0, 0.05) is 0 Å². The van der Waals surface area contributed by atoms with Gasteiger partial charge in [0.25, 0.3) is 0 Å². The summed E-state index contributed by atoms with van der Waals surface area (Å²) in [4.78, 5) is 11.1. The number of carboxylic acid groups (broad SMARTS) is 1. The van der Waals surface area contributed by atoms with E-state index in [0.29, 0.717) is 13.0 Å². The average molecular weight is 202 g/mol. The molecule has 0 saturated carbocycles. The molecule has 0 aliphatic heterocycles. The molecule has 3 nitrogen and oxygen atoms in total. The second kappa shape index (κ2) is 6.02. The Bertz CT molecular complexity index is 177. The predicted octanol–water partition coefficient (Wildman–Crippen LogP) is 2.69. The van der Waals surface area contributed by atoms with E-state index in [1.807, 2.05) is 13.8 Å². The summed E-state index contributed by atoms with van der Waals surface area (Å²) in [6, 6.07) is 0. The fourth-order valence-electron chi connectivity index (χ4n) is 1.16. The van der Waals surface area contributed by atoms with Crippen LogP contribution in [0.1, 0.15) is 47.0 Å². The Morgan fingerprint density at radius 3 is 2.43 bits per heavy atom. The third-order valence-corrected chi connectivity index (χ3v) is 2.33. The molecular formula is C11H22O3. The number of carbonyl (C=O) groups is 1. The fourth-order valence-corrected chi connectivity index (χ4v) is 1.16. The van der Waals surface area contributed by atoms with Crippen LogP contribution >= 0.6 is 0 Å². The van der Waals surface area contributed by atoms with Crippen LogP contribution in [0.2, 0.25) is 0 Å².